The summed E-state index contributed by atoms with van der Waals surface area (Å²) in [6.45, 7) is 5.10. The van der Waals surface area contributed by atoms with Gasteiger partial charge in [-0.05, 0) is 87.1 Å². The summed E-state index contributed by atoms with van der Waals surface area (Å²) in [4.78, 5) is 22.6. The molecule has 7 rings (SSSR count). The van der Waals surface area contributed by atoms with Gasteiger partial charge in [-0.3, -0.25) is 4.90 Å². The second-order valence-corrected chi connectivity index (χ2v) is 12.7. The fourth-order valence-electron chi connectivity index (χ4n) is 8.19. The van der Waals surface area contributed by atoms with Gasteiger partial charge in [-0.2, -0.15) is 0 Å². The third-order valence-electron chi connectivity index (χ3n) is 10.4. The number of rotatable bonds is 7. The SMILES string of the molecule is Cc1nc2ccccc2n1C1C[C@H]2CC[C@@H](C1)N2CCC1(c2ccccc2)CCN(C(=O)OCc2ccccc2)CC1. The van der Waals surface area contributed by atoms with Gasteiger partial charge < -0.3 is 14.2 Å². The molecule has 2 bridgehead atoms. The molecule has 3 atom stereocenters. The molecule has 0 spiro atoms. The molecule has 6 nitrogen and oxygen atoms in total. The average Bonchev–Trinajstić information content (AvgIpc) is 3.50. The van der Waals surface area contributed by atoms with E-state index in [0.717, 1.165) is 55.8 Å². The van der Waals surface area contributed by atoms with Gasteiger partial charge >= 0.3 is 6.09 Å². The highest BCUT2D eigenvalue weighted by molar-refractivity contribution is 5.76. The van der Waals surface area contributed by atoms with Crippen molar-refractivity contribution in [2.24, 2.45) is 0 Å². The lowest BCUT2D eigenvalue weighted by Gasteiger charge is -2.45. The number of likely N-dealkylation sites (tertiary alicyclic amines) is 1. The van der Waals surface area contributed by atoms with Gasteiger partial charge in [0.05, 0.1) is 11.0 Å². The highest BCUT2D eigenvalue weighted by Gasteiger charge is 2.44. The Hall–Kier alpha value is -3.64. The topological polar surface area (TPSA) is 50.6 Å². The van der Waals surface area contributed by atoms with Gasteiger partial charge in [-0.1, -0.05) is 72.8 Å². The largest absolute Gasteiger partial charge is 0.445 e. The summed E-state index contributed by atoms with van der Waals surface area (Å²) in [6.07, 6.45) is 7.90. The molecule has 0 aliphatic carbocycles. The van der Waals surface area contributed by atoms with Crippen LogP contribution in [0, 0.1) is 6.92 Å². The number of aromatic nitrogens is 2. The number of ether oxygens (including phenoxy) is 1. The molecule has 3 saturated heterocycles. The Morgan fingerprint density at radius 3 is 2.21 bits per heavy atom. The quantitative estimate of drug-likeness (QED) is 0.238. The summed E-state index contributed by atoms with van der Waals surface area (Å²) in [7, 11) is 0. The maximum atomic E-state index is 12.9. The van der Waals surface area contributed by atoms with E-state index in [4.69, 9.17) is 9.72 Å². The number of carbonyl (C=O) groups is 1. The number of imidazole rings is 1. The highest BCUT2D eigenvalue weighted by atomic mass is 16.6. The van der Waals surface area contributed by atoms with Gasteiger partial charge in [-0.15, -0.1) is 0 Å². The van der Waals surface area contributed by atoms with E-state index in [9.17, 15) is 4.79 Å². The van der Waals surface area contributed by atoms with Crippen molar-refractivity contribution in [2.45, 2.75) is 82.0 Å². The molecule has 3 fully saturated rings. The number of hydrogen-bond acceptors (Lipinski definition) is 4. The number of carbonyl (C=O) groups excluding carboxylic acids is 1. The van der Waals surface area contributed by atoms with Crippen LogP contribution in [0.25, 0.3) is 11.0 Å². The van der Waals surface area contributed by atoms with Gasteiger partial charge in [0.25, 0.3) is 0 Å². The van der Waals surface area contributed by atoms with Crippen molar-refractivity contribution >= 4 is 17.1 Å². The molecular formula is C36H42N4O2. The van der Waals surface area contributed by atoms with E-state index < -0.39 is 0 Å². The smallest absolute Gasteiger partial charge is 0.410 e. The maximum Gasteiger partial charge on any atom is 0.410 e. The van der Waals surface area contributed by atoms with Crippen molar-refractivity contribution in [1.82, 2.24) is 19.4 Å². The minimum absolute atomic E-state index is 0.0882. The molecule has 1 aromatic heterocycles. The predicted molar refractivity (Wildman–Crippen MR) is 166 cm³/mol. The molecule has 3 aromatic carbocycles. The Morgan fingerprint density at radius 1 is 0.857 bits per heavy atom. The van der Waals surface area contributed by atoms with Crippen molar-refractivity contribution in [2.75, 3.05) is 19.6 Å². The van der Waals surface area contributed by atoms with Gasteiger partial charge in [0.2, 0.25) is 0 Å². The molecule has 6 heteroatoms. The van der Waals surface area contributed by atoms with Crippen molar-refractivity contribution < 1.29 is 9.53 Å². The normalized spacial score (nSPS) is 23.7. The summed E-state index contributed by atoms with van der Waals surface area (Å²) in [5, 5.41) is 0. The van der Waals surface area contributed by atoms with Crippen molar-refractivity contribution in [3.8, 4) is 0 Å². The molecule has 4 heterocycles. The number of piperidine rings is 2. The molecule has 3 aliphatic rings. The first kappa shape index (κ1) is 27.2. The average molecular weight is 563 g/mol. The third kappa shape index (κ3) is 5.22. The molecule has 0 radical (unpaired) electrons. The standard InChI is InChI=1S/C36H42N4O2/c1-27-37-33-14-8-9-15-34(33)40(27)32-24-30-16-17-31(25-32)39(30)23-20-36(29-12-6-3-7-13-29)18-21-38(22-19-36)35(41)42-26-28-10-4-2-5-11-28/h2-15,30-32H,16-26H2,1H3/t30-,31+,32?. The zero-order chi connectivity index (χ0) is 28.5. The zero-order valence-electron chi connectivity index (χ0n) is 24.7. The molecule has 1 amide bonds. The van der Waals surface area contributed by atoms with Gasteiger partial charge in [0.15, 0.2) is 0 Å². The van der Waals surface area contributed by atoms with Gasteiger partial charge in [0.1, 0.15) is 12.4 Å². The van der Waals surface area contributed by atoms with Gasteiger partial charge in [-0.25, -0.2) is 9.78 Å². The van der Waals surface area contributed by atoms with E-state index in [1.54, 1.807) is 0 Å². The predicted octanol–water partition coefficient (Wildman–Crippen LogP) is 7.27. The molecule has 42 heavy (non-hydrogen) atoms. The van der Waals surface area contributed by atoms with E-state index in [1.807, 2.05) is 35.2 Å². The number of nitrogens with zero attached hydrogens (tertiary/aromatic N) is 4. The van der Waals surface area contributed by atoms with Crippen LogP contribution in [0.4, 0.5) is 4.79 Å². The number of para-hydroxylation sites is 2. The Balaban J connectivity index is 1.02. The minimum atomic E-state index is -0.192. The summed E-state index contributed by atoms with van der Waals surface area (Å²) in [5.74, 6) is 1.14. The Labute approximate surface area is 249 Å². The van der Waals surface area contributed by atoms with Crippen LogP contribution in [0.3, 0.4) is 0 Å². The zero-order valence-corrected chi connectivity index (χ0v) is 24.7. The maximum absolute atomic E-state index is 12.9. The number of amides is 1. The number of aryl methyl sites for hydroxylation is 1. The highest BCUT2D eigenvalue weighted by Crippen LogP contribution is 2.45. The van der Waals surface area contributed by atoms with Crippen molar-refractivity contribution in [3.05, 3.63) is 102 Å². The van der Waals surface area contributed by atoms with Gasteiger partial charge in [0, 0.05) is 31.2 Å². The van der Waals surface area contributed by atoms with Crippen molar-refractivity contribution in [3.63, 3.8) is 0 Å². The second kappa shape index (κ2) is 11.6. The molecular weight excluding hydrogens is 520 g/mol. The number of fused-ring (bicyclic) bond motifs is 3. The molecule has 218 valence electrons. The molecule has 4 aromatic rings. The van der Waals surface area contributed by atoms with Crippen LogP contribution in [0.5, 0.6) is 0 Å². The summed E-state index contributed by atoms with van der Waals surface area (Å²) >= 11 is 0. The Bertz CT molecular complexity index is 1500. The number of benzene rings is 3. The Morgan fingerprint density at radius 2 is 1.50 bits per heavy atom. The van der Waals surface area contributed by atoms with Crippen LogP contribution in [-0.2, 0) is 16.8 Å². The van der Waals surface area contributed by atoms with E-state index in [0.29, 0.717) is 24.7 Å². The van der Waals surface area contributed by atoms with E-state index >= 15 is 0 Å². The summed E-state index contributed by atoms with van der Waals surface area (Å²) in [5.41, 5.74) is 4.93. The van der Waals surface area contributed by atoms with Crippen LogP contribution >= 0.6 is 0 Å². The first-order valence-corrected chi connectivity index (χ1v) is 15.8. The first-order valence-electron chi connectivity index (χ1n) is 15.8. The van der Waals surface area contributed by atoms with Crippen LogP contribution in [0.15, 0.2) is 84.9 Å². The number of hydrogen-bond donors (Lipinski definition) is 0. The van der Waals surface area contributed by atoms with E-state index in [1.165, 1.54) is 36.8 Å². The molecule has 0 N–H and O–H groups in total. The fourth-order valence-corrected chi connectivity index (χ4v) is 8.19. The van der Waals surface area contributed by atoms with Crippen LogP contribution in [-0.4, -0.2) is 57.2 Å². The Kier molecular flexibility index (Phi) is 7.49. The summed E-state index contributed by atoms with van der Waals surface area (Å²) in [6, 6.07) is 31.4. The molecule has 0 saturated carbocycles. The molecule has 3 aliphatic heterocycles. The van der Waals surface area contributed by atoms with E-state index in [2.05, 4.69) is 71.0 Å². The molecule has 1 unspecified atom stereocenters. The van der Waals surface area contributed by atoms with E-state index in [-0.39, 0.29) is 11.5 Å². The minimum Gasteiger partial charge on any atom is -0.445 e. The lowest BCUT2D eigenvalue weighted by Crippen LogP contribution is -2.49. The van der Waals surface area contributed by atoms with Crippen LogP contribution in [0.1, 0.15) is 67.9 Å². The lowest BCUT2D eigenvalue weighted by molar-refractivity contribution is 0.0648. The van der Waals surface area contributed by atoms with Crippen LogP contribution in [0.2, 0.25) is 0 Å². The summed E-state index contributed by atoms with van der Waals surface area (Å²) < 4.78 is 8.20. The monoisotopic (exact) mass is 562 g/mol. The second-order valence-electron chi connectivity index (χ2n) is 12.7. The fraction of sp³-hybridized carbons (Fsp3) is 0.444. The first-order chi connectivity index (χ1) is 20.6. The van der Waals surface area contributed by atoms with Crippen LogP contribution < -0.4 is 0 Å². The third-order valence-corrected chi connectivity index (χ3v) is 10.4. The lowest BCUT2D eigenvalue weighted by atomic mass is 9.70. The van der Waals surface area contributed by atoms with Crippen molar-refractivity contribution in [1.29, 1.82) is 0 Å².